The molecule has 0 saturated heterocycles. The number of carbonyl (C=O) groups excluding carboxylic acids is 2. The van der Waals surface area contributed by atoms with Crippen LogP contribution in [0.25, 0.3) is 11.1 Å². The monoisotopic (exact) mass is 496 g/mol. The minimum atomic E-state index is -1.33. The first-order chi connectivity index (χ1) is 16.8. The van der Waals surface area contributed by atoms with E-state index in [9.17, 15) is 19.5 Å². The van der Waals surface area contributed by atoms with Crippen LogP contribution in [0.1, 0.15) is 65.0 Å². The van der Waals surface area contributed by atoms with Gasteiger partial charge in [0.1, 0.15) is 12.2 Å². The molecule has 3 rings (SSSR count). The maximum absolute atomic E-state index is 13.0. The summed E-state index contributed by atoms with van der Waals surface area (Å²) in [6.07, 6.45) is -1.86. The van der Waals surface area contributed by atoms with Gasteiger partial charge in [-0.2, -0.15) is 0 Å². The van der Waals surface area contributed by atoms with Crippen LogP contribution < -0.4 is 10.6 Å². The first kappa shape index (κ1) is 27.0. The normalized spacial score (nSPS) is 15.3. The van der Waals surface area contributed by atoms with Gasteiger partial charge in [-0.25, -0.2) is 9.59 Å². The summed E-state index contributed by atoms with van der Waals surface area (Å²) < 4.78 is 11.0. The number of alkyl carbamates (subject to hydrolysis) is 2. The van der Waals surface area contributed by atoms with Crippen LogP contribution in [-0.4, -0.2) is 47.1 Å². The fourth-order valence-electron chi connectivity index (χ4n) is 4.91. The SMILES string of the molecule is CC(C)C(NC(=O)OC(C)(C)C)C(C)(CC(=O)O)NC(=O)OCC1c2ccccc2-c2ccccc21. The summed E-state index contributed by atoms with van der Waals surface area (Å²) in [6, 6.07) is 15.3. The molecule has 1 aliphatic rings. The van der Waals surface area contributed by atoms with Gasteiger partial charge in [0, 0.05) is 5.92 Å². The first-order valence-corrected chi connectivity index (χ1v) is 12.1. The van der Waals surface area contributed by atoms with Gasteiger partial charge in [0.25, 0.3) is 0 Å². The number of aliphatic carboxylic acids is 1. The molecule has 2 aromatic rings. The second-order valence-corrected chi connectivity index (χ2v) is 10.8. The van der Waals surface area contributed by atoms with Gasteiger partial charge in [-0.15, -0.1) is 0 Å². The zero-order valence-electron chi connectivity index (χ0n) is 21.8. The Hall–Kier alpha value is -3.55. The molecule has 0 aromatic heterocycles. The highest BCUT2D eigenvalue weighted by Gasteiger charge is 2.42. The lowest BCUT2D eigenvalue weighted by atomic mass is 9.82. The third kappa shape index (κ3) is 6.36. The van der Waals surface area contributed by atoms with Crippen molar-refractivity contribution in [1.82, 2.24) is 10.6 Å². The van der Waals surface area contributed by atoms with E-state index in [-0.39, 0.29) is 18.4 Å². The highest BCUT2D eigenvalue weighted by Crippen LogP contribution is 2.44. The van der Waals surface area contributed by atoms with Gasteiger partial charge in [-0.3, -0.25) is 4.79 Å². The van der Waals surface area contributed by atoms with Crippen LogP contribution in [0, 0.1) is 5.92 Å². The molecule has 0 spiro atoms. The van der Waals surface area contributed by atoms with E-state index in [1.807, 2.05) is 62.4 Å². The Kier molecular flexibility index (Phi) is 7.96. The Balaban J connectivity index is 1.76. The number of carboxylic acids is 1. The quantitative estimate of drug-likeness (QED) is 0.457. The van der Waals surface area contributed by atoms with E-state index >= 15 is 0 Å². The highest BCUT2D eigenvalue weighted by molar-refractivity contribution is 5.79. The molecule has 3 N–H and O–H groups in total. The maximum atomic E-state index is 13.0. The molecule has 8 nitrogen and oxygen atoms in total. The highest BCUT2D eigenvalue weighted by atomic mass is 16.6. The average Bonchev–Trinajstić information content (AvgIpc) is 3.08. The molecule has 0 bridgehead atoms. The van der Waals surface area contributed by atoms with Crippen LogP contribution in [0.2, 0.25) is 0 Å². The zero-order valence-corrected chi connectivity index (χ0v) is 21.8. The summed E-state index contributed by atoms with van der Waals surface area (Å²) in [4.78, 5) is 37.2. The van der Waals surface area contributed by atoms with Crippen molar-refractivity contribution >= 4 is 18.2 Å². The number of ether oxygens (including phenoxy) is 2. The summed E-state index contributed by atoms with van der Waals surface area (Å²) in [7, 11) is 0. The van der Waals surface area contributed by atoms with Crippen molar-refractivity contribution in [2.75, 3.05) is 6.61 Å². The number of nitrogens with one attached hydrogen (secondary N) is 2. The summed E-state index contributed by atoms with van der Waals surface area (Å²) >= 11 is 0. The molecule has 0 heterocycles. The Bertz CT molecular complexity index is 1080. The second kappa shape index (κ2) is 10.6. The van der Waals surface area contributed by atoms with Gasteiger partial charge in [0.15, 0.2) is 0 Å². The Morgan fingerprint density at radius 1 is 0.917 bits per heavy atom. The lowest BCUT2D eigenvalue weighted by Gasteiger charge is -2.40. The van der Waals surface area contributed by atoms with Gasteiger partial charge in [0.2, 0.25) is 0 Å². The van der Waals surface area contributed by atoms with Crippen LogP contribution in [-0.2, 0) is 14.3 Å². The molecule has 36 heavy (non-hydrogen) atoms. The van der Waals surface area contributed by atoms with Gasteiger partial charge >= 0.3 is 18.2 Å². The third-order valence-electron chi connectivity index (χ3n) is 6.28. The molecule has 2 atom stereocenters. The first-order valence-electron chi connectivity index (χ1n) is 12.1. The van der Waals surface area contributed by atoms with Crippen molar-refractivity contribution < 1.29 is 29.0 Å². The largest absolute Gasteiger partial charge is 0.481 e. The lowest BCUT2D eigenvalue weighted by Crippen LogP contribution is -2.63. The van der Waals surface area contributed by atoms with E-state index in [0.29, 0.717) is 0 Å². The predicted molar refractivity (Wildman–Crippen MR) is 137 cm³/mol. The number of amides is 2. The number of hydrogen-bond acceptors (Lipinski definition) is 5. The number of fused-ring (bicyclic) bond motifs is 3. The molecular weight excluding hydrogens is 460 g/mol. The van der Waals surface area contributed by atoms with Gasteiger partial charge < -0.3 is 25.2 Å². The molecule has 8 heteroatoms. The van der Waals surface area contributed by atoms with Crippen molar-refractivity contribution in [2.45, 2.75) is 71.1 Å². The van der Waals surface area contributed by atoms with E-state index in [4.69, 9.17) is 9.47 Å². The summed E-state index contributed by atoms with van der Waals surface area (Å²) in [5, 5.41) is 15.1. The number of carbonyl (C=O) groups is 3. The maximum Gasteiger partial charge on any atom is 0.407 e. The molecular formula is C28H36N2O6. The smallest absolute Gasteiger partial charge is 0.407 e. The molecule has 0 aliphatic heterocycles. The van der Waals surface area contributed by atoms with E-state index in [2.05, 4.69) is 10.6 Å². The summed E-state index contributed by atoms with van der Waals surface area (Å²) in [5.74, 6) is -1.46. The fraction of sp³-hybridized carbons (Fsp3) is 0.464. The van der Waals surface area contributed by atoms with E-state index < -0.39 is 41.8 Å². The van der Waals surface area contributed by atoms with Crippen LogP contribution in [0.5, 0.6) is 0 Å². The van der Waals surface area contributed by atoms with Crippen LogP contribution in [0.4, 0.5) is 9.59 Å². The van der Waals surface area contributed by atoms with E-state index in [0.717, 1.165) is 22.3 Å². The number of carboxylic acid groups (broad SMARTS) is 1. The van der Waals surface area contributed by atoms with Gasteiger partial charge in [-0.1, -0.05) is 62.4 Å². The molecule has 0 radical (unpaired) electrons. The Morgan fingerprint density at radius 3 is 1.92 bits per heavy atom. The standard InChI is InChI=1S/C28H36N2O6/c1-17(2)24(29-25(33)36-27(3,4)5)28(6,15-23(31)32)30-26(34)35-16-22-20-13-9-7-11-18(20)19-12-8-10-14-21(19)22/h7-14,17,22,24H,15-16H2,1-6H3,(H,29,33)(H,30,34)(H,31,32). The minimum Gasteiger partial charge on any atom is -0.481 e. The molecule has 2 unspecified atom stereocenters. The summed E-state index contributed by atoms with van der Waals surface area (Å²) in [6.45, 7) is 10.6. The van der Waals surface area contributed by atoms with Crippen LogP contribution in [0.15, 0.2) is 48.5 Å². The zero-order chi connectivity index (χ0) is 26.7. The topological polar surface area (TPSA) is 114 Å². The molecule has 0 fully saturated rings. The van der Waals surface area contributed by atoms with Crippen molar-refractivity contribution in [1.29, 1.82) is 0 Å². The van der Waals surface area contributed by atoms with Crippen molar-refractivity contribution in [3.05, 3.63) is 59.7 Å². The van der Waals surface area contributed by atoms with Gasteiger partial charge in [-0.05, 0) is 55.9 Å². The lowest BCUT2D eigenvalue weighted by molar-refractivity contribution is -0.139. The molecule has 194 valence electrons. The van der Waals surface area contributed by atoms with Crippen LogP contribution in [0.3, 0.4) is 0 Å². The van der Waals surface area contributed by atoms with Crippen molar-refractivity contribution in [3.63, 3.8) is 0 Å². The van der Waals surface area contributed by atoms with Crippen molar-refractivity contribution in [2.24, 2.45) is 5.92 Å². The molecule has 2 aromatic carbocycles. The second-order valence-electron chi connectivity index (χ2n) is 10.8. The predicted octanol–water partition coefficient (Wildman–Crippen LogP) is 5.31. The Morgan fingerprint density at radius 2 is 1.44 bits per heavy atom. The van der Waals surface area contributed by atoms with E-state index in [1.165, 1.54) is 0 Å². The summed E-state index contributed by atoms with van der Waals surface area (Å²) in [5.41, 5.74) is 2.31. The Labute approximate surface area is 212 Å². The minimum absolute atomic E-state index is 0.0921. The third-order valence-corrected chi connectivity index (χ3v) is 6.28. The number of rotatable bonds is 8. The van der Waals surface area contributed by atoms with E-state index in [1.54, 1.807) is 27.7 Å². The molecule has 1 aliphatic carbocycles. The number of benzene rings is 2. The van der Waals surface area contributed by atoms with Crippen molar-refractivity contribution in [3.8, 4) is 11.1 Å². The van der Waals surface area contributed by atoms with Crippen LogP contribution >= 0.6 is 0 Å². The molecule has 0 saturated carbocycles. The number of hydrogen-bond donors (Lipinski definition) is 3. The van der Waals surface area contributed by atoms with Gasteiger partial charge in [0.05, 0.1) is 18.0 Å². The fourth-order valence-corrected chi connectivity index (χ4v) is 4.91. The molecule has 2 amide bonds. The average molecular weight is 497 g/mol.